The first-order valence-corrected chi connectivity index (χ1v) is 7.86. The molecule has 1 aromatic carbocycles. The van der Waals surface area contributed by atoms with Crippen molar-refractivity contribution in [2.75, 3.05) is 14.1 Å². The molecule has 0 spiro atoms. The monoisotopic (exact) mass is 334 g/mol. The van der Waals surface area contributed by atoms with Crippen molar-refractivity contribution < 1.29 is 14.4 Å². The number of urea groups is 1. The van der Waals surface area contributed by atoms with Crippen molar-refractivity contribution in [2.45, 2.75) is 32.9 Å². The number of benzene rings is 1. The van der Waals surface area contributed by atoms with Crippen LogP contribution in [0, 0.1) is 5.92 Å². The van der Waals surface area contributed by atoms with E-state index < -0.39 is 12.1 Å². The van der Waals surface area contributed by atoms with E-state index in [2.05, 4.69) is 10.6 Å². The predicted octanol–water partition coefficient (Wildman–Crippen LogP) is 1.09. The minimum Gasteiger partial charge on any atom is -0.355 e. The molecule has 4 N–H and O–H groups in total. The average molecular weight is 334 g/mol. The molecule has 0 aliphatic carbocycles. The van der Waals surface area contributed by atoms with Gasteiger partial charge in [-0.05, 0) is 30.0 Å². The van der Waals surface area contributed by atoms with E-state index in [9.17, 15) is 14.4 Å². The highest BCUT2D eigenvalue weighted by Gasteiger charge is 2.24. The molecule has 7 heteroatoms. The molecule has 0 bridgehead atoms. The topological polar surface area (TPSA) is 105 Å². The molecule has 0 saturated carbocycles. The molecule has 132 valence electrons. The number of amides is 4. The molecule has 0 radical (unpaired) electrons. The average Bonchev–Trinajstić information content (AvgIpc) is 2.52. The van der Waals surface area contributed by atoms with Gasteiger partial charge in [-0.15, -0.1) is 0 Å². The summed E-state index contributed by atoms with van der Waals surface area (Å²) in [6.45, 7) is 4.32. The van der Waals surface area contributed by atoms with Gasteiger partial charge in [-0.3, -0.25) is 9.59 Å². The molecule has 7 nitrogen and oxygen atoms in total. The highest BCUT2D eigenvalue weighted by atomic mass is 16.2. The SMILES string of the molecule is CNC(=O)c1ccc(CN(C)C(=O)[C@@H](CC(C)C)NC(N)=O)cc1. The number of nitrogens with two attached hydrogens (primary N) is 1. The van der Waals surface area contributed by atoms with Crippen LogP contribution in [-0.4, -0.2) is 42.9 Å². The van der Waals surface area contributed by atoms with Crippen molar-refractivity contribution in [3.8, 4) is 0 Å². The molecule has 1 aromatic rings. The third-order valence-electron chi connectivity index (χ3n) is 3.56. The minimum atomic E-state index is -0.711. The van der Waals surface area contributed by atoms with Crippen LogP contribution in [0.4, 0.5) is 4.79 Å². The van der Waals surface area contributed by atoms with Crippen LogP contribution in [0.25, 0.3) is 0 Å². The second kappa shape index (κ2) is 8.90. The molecule has 0 fully saturated rings. The van der Waals surface area contributed by atoms with Crippen LogP contribution in [0.2, 0.25) is 0 Å². The van der Waals surface area contributed by atoms with Gasteiger partial charge in [0.05, 0.1) is 0 Å². The normalized spacial score (nSPS) is 11.7. The second-order valence-corrected chi connectivity index (χ2v) is 6.16. The van der Waals surface area contributed by atoms with Gasteiger partial charge in [0, 0.05) is 26.2 Å². The fourth-order valence-corrected chi connectivity index (χ4v) is 2.39. The lowest BCUT2D eigenvalue weighted by molar-refractivity contribution is -0.132. The third-order valence-corrected chi connectivity index (χ3v) is 3.56. The van der Waals surface area contributed by atoms with E-state index in [-0.39, 0.29) is 17.7 Å². The van der Waals surface area contributed by atoms with Gasteiger partial charge in [0.15, 0.2) is 0 Å². The number of nitrogens with zero attached hydrogens (tertiary/aromatic N) is 1. The molecule has 0 heterocycles. The number of hydrogen-bond acceptors (Lipinski definition) is 3. The van der Waals surface area contributed by atoms with Crippen LogP contribution in [0.5, 0.6) is 0 Å². The van der Waals surface area contributed by atoms with Crippen LogP contribution in [-0.2, 0) is 11.3 Å². The lowest BCUT2D eigenvalue weighted by Crippen LogP contribution is -2.49. The molecule has 1 atom stereocenters. The van der Waals surface area contributed by atoms with Gasteiger partial charge < -0.3 is 21.3 Å². The largest absolute Gasteiger partial charge is 0.355 e. The van der Waals surface area contributed by atoms with Crippen LogP contribution < -0.4 is 16.4 Å². The Morgan fingerprint density at radius 3 is 2.21 bits per heavy atom. The maximum atomic E-state index is 12.5. The molecule has 0 saturated heterocycles. The lowest BCUT2D eigenvalue weighted by Gasteiger charge is -2.25. The quantitative estimate of drug-likeness (QED) is 0.695. The smallest absolute Gasteiger partial charge is 0.312 e. The Balaban J connectivity index is 2.76. The summed E-state index contributed by atoms with van der Waals surface area (Å²) >= 11 is 0. The number of likely N-dealkylation sites (N-methyl/N-ethyl adjacent to an activating group) is 1. The molecular weight excluding hydrogens is 308 g/mol. The van der Waals surface area contributed by atoms with Crippen molar-refractivity contribution in [1.82, 2.24) is 15.5 Å². The number of hydrogen-bond donors (Lipinski definition) is 3. The van der Waals surface area contributed by atoms with Gasteiger partial charge in [-0.25, -0.2) is 4.79 Å². The number of carbonyl (C=O) groups is 3. The Morgan fingerprint density at radius 1 is 1.17 bits per heavy atom. The maximum Gasteiger partial charge on any atom is 0.312 e. The first-order chi connectivity index (χ1) is 11.2. The van der Waals surface area contributed by atoms with E-state index in [1.807, 2.05) is 13.8 Å². The maximum absolute atomic E-state index is 12.5. The summed E-state index contributed by atoms with van der Waals surface area (Å²) in [5.41, 5.74) is 6.61. The molecule has 0 aliphatic heterocycles. The highest BCUT2D eigenvalue weighted by Crippen LogP contribution is 2.11. The van der Waals surface area contributed by atoms with Crippen molar-refractivity contribution in [2.24, 2.45) is 11.7 Å². The third kappa shape index (κ3) is 5.91. The molecule has 1 rings (SSSR count). The van der Waals surface area contributed by atoms with Gasteiger partial charge in [-0.2, -0.15) is 0 Å². The van der Waals surface area contributed by atoms with Crippen LogP contribution in [0.1, 0.15) is 36.2 Å². The van der Waals surface area contributed by atoms with E-state index >= 15 is 0 Å². The first-order valence-electron chi connectivity index (χ1n) is 7.86. The fraction of sp³-hybridized carbons (Fsp3) is 0.471. The lowest BCUT2D eigenvalue weighted by atomic mass is 10.0. The van der Waals surface area contributed by atoms with Crippen LogP contribution in [0.3, 0.4) is 0 Å². The summed E-state index contributed by atoms with van der Waals surface area (Å²) in [6, 6.07) is 5.66. The van der Waals surface area contributed by atoms with Crippen molar-refractivity contribution >= 4 is 17.8 Å². The summed E-state index contributed by atoms with van der Waals surface area (Å²) < 4.78 is 0. The van der Waals surface area contributed by atoms with E-state index in [0.717, 1.165) is 5.56 Å². The van der Waals surface area contributed by atoms with Gasteiger partial charge in [0.2, 0.25) is 5.91 Å². The Hall–Kier alpha value is -2.57. The van der Waals surface area contributed by atoms with Gasteiger partial charge in [0.25, 0.3) is 5.91 Å². The highest BCUT2D eigenvalue weighted by molar-refractivity contribution is 5.94. The number of nitrogens with one attached hydrogen (secondary N) is 2. The van der Waals surface area contributed by atoms with Crippen molar-refractivity contribution in [3.63, 3.8) is 0 Å². The molecule has 4 amide bonds. The van der Waals surface area contributed by atoms with Crippen LogP contribution >= 0.6 is 0 Å². The molecule has 0 aliphatic rings. The van der Waals surface area contributed by atoms with Crippen molar-refractivity contribution in [3.05, 3.63) is 35.4 Å². The van der Waals surface area contributed by atoms with E-state index in [1.54, 1.807) is 38.4 Å². The summed E-state index contributed by atoms with van der Waals surface area (Å²) in [7, 11) is 3.24. The molecular formula is C17H26N4O3. The molecule has 0 aromatic heterocycles. The second-order valence-electron chi connectivity index (χ2n) is 6.16. The summed E-state index contributed by atoms with van der Waals surface area (Å²) in [5.74, 6) is -0.113. The summed E-state index contributed by atoms with van der Waals surface area (Å²) in [4.78, 5) is 36.7. The van der Waals surface area contributed by atoms with Gasteiger partial charge in [-0.1, -0.05) is 26.0 Å². The summed E-state index contributed by atoms with van der Waals surface area (Å²) in [5, 5.41) is 5.06. The predicted molar refractivity (Wildman–Crippen MR) is 92.3 cm³/mol. The first kappa shape index (κ1) is 19.5. The minimum absolute atomic E-state index is 0.159. The zero-order valence-corrected chi connectivity index (χ0v) is 14.6. The molecule has 0 unspecified atom stereocenters. The molecule has 24 heavy (non-hydrogen) atoms. The van der Waals surface area contributed by atoms with E-state index in [1.165, 1.54) is 4.90 Å². The Bertz CT molecular complexity index is 584. The summed E-state index contributed by atoms with van der Waals surface area (Å²) in [6.07, 6.45) is 0.516. The number of rotatable bonds is 7. The van der Waals surface area contributed by atoms with E-state index in [4.69, 9.17) is 5.73 Å². The number of primary amides is 1. The Morgan fingerprint density at radius 2 is 1.75 bits per heavy atom. The van der Waals surface area contributed by atoms with Gasteiger partial charge >= 0.3 is 6.03 Å². The number of carbonyl (C=O) groups excluding carboxylic acids is 3. The standard InChI is InChI=1S/C17H26N4O3/c1-11(2)9-14(20-17(18)24)16(23)21(4)10-12-5-7-13(8-6-12)15(22)19-3/h5-8,11,14H,9-10H2,1-4H3,(H,19,22)(H3,18,20,24)/t14-/m1/s1. The zero-order chi connectivity index (χ0) is 18.3. The Labute approximate surface area is 142 Å². The van der Waals surface area contributed by atoms with Gasteiger partial charge in [0.1, 0.15) is 6.04 Å². The van der Waals surface area contributed by atoms with Crippen molar-refractivity contribution in [1.29, 1.82) is 0 Å². The Kier molecular flexibility index (Phi) is 7.23. The van der Waals surface area contributed by atoms with Crippen LogP contribution in [0.15, 0.2) is 24.3 Å². The fourth-order valence-electron chi connectivity index (χ4n) is 2.39. The zero-order valence-electron chi connectivity index (χ0n) is 14.6. The van der Waals surface area contributed by atoms with E-state index in [0.29, 0.717) is 18.5 Å².